The Labute approximate surface area is 137 Å². The summed E-state index contributed by atoms with van der Waals surface area (Å²) in [4.78, 5) is 12.1. The first kappa shape index (κ1) is 17.0. The number of carbonyl (C=O) groups is 1. The summed E-state index contributed by atoms with van der Waals surface area (Å²) in [7, 11) is 3.02. The highest BCUT2D eigenvalue weighted by Gasteiger charge is 2.15. The van der Waals surface area contributed by atoms with Crippen LogP contribution in [0.25, 0.3) is 0 Å². The molecule has 1 N–H and O–H groups in total. The smallest absolute Gasteiger partial charge is 0.253 e. The lowest BCUT2D eigenvalue weighted by molar-refractivity contribution is 0.0950. The summed E-state index contributed by atoms with van der Waals surface area (Å²) >= 11 is 5.77. The molecule has 7 heteroatoms. The molecule has 2 aromatic rings. The second-order valence-corrected chi connectivity index (χ2v) is 5.06. The first-order valence-electron chi connectivity index (χ1n) is 6.59. The van der Waals surface area contributed by atoms with Crippen LogP contribution in [-0.4, -0.2) is 20.1 Å². The van der Waals surface area contributed by atoms with E-state index >= 15 is 0 Å². The van der Waals surface area contributed by atoms with Gasteiger partial charge in [-0.3, -0.25) is 4.79 Å². The van der Waals surface area contributed by atoms with Gasteiger partial charge in [-0.25, -0.2) is 8.78 Å². The molecule has 0 spiro atoms. The van der Waals surface area contributed by atoms with Crippen molar-refractivity contribution in [3.05, 3.63) is 58.1 Å². The third-order valence-corrected chi connectivity index (χ3v) is 3.43. The number of benzene rings is 2. The number of hydrogen-bond donors (Lipinski definition) is 1. The molecule has 0 unspecified atom stereocenters. The molecular weight excluding hydrogens is 328 g/mol. The molecule has 0 saturated carbocycles. The van der Waals surface area contributed by atoms with Crippen molar-refractivity contribution in [3.8, 4) is 11.5 Å². The lowest BCUT2D eigenvalue weighted by atomic mass is 10.1. The van der Waals surface area contributed by atoms with Gasteiger partial charge in [0.05, 0.1) is 24.8 Å². The van der Waals surface area contributed by atoms with Gasteiger partial charge in [-0.2, -0.15) is 0 Å². The Morgan fingerprint density at radius 2 is 1.61 bits per heavy atom. The Hall–Kier alpha value is -2.34. The summed E-state index contributed by atoms with van der Waals surface area (Å²) < 4.78 is 36.5. The number of carbonyl (C=O) groups excluding carboxylic acids is 1. The van der Waals surface area contributed by atoms with Crippen LogP contribution in [0.5, 0.6) is 11.5 Å². The van der Waals surface area contributed by atoms with Crippen LogP contribution in [-0.2, 0) is 6.54 Å². The Bertz CT molecular complexity index is 715. The van der Waals surface area contributed by atoms with E-state index < -0.39 is 17.5 Å². The fourth-order valence-electron chi connectivity index (χ4n) is 1.94. The summed E-state index contributed by atoms with van der Waals surface area (Å²) in [5.74, 6) is -1.72. The fraction of sp³-hybridized carbons (Fsp3) is 0.188. The van der Waals surface area contributed by atoms with E-state index in [9.17, 15) is 13.6 Å². The van der Waals surface area contributed by atoms with Crippen molar-refractivity contribution in [2.75, 3.05) is 14.2 Å². The van der Waals surface area contributed by atoms with Crippen LogP contribution in [0.15, 0.2) is 30.3 Å². The topological polar surface area (TPSA) is 47.6 Å². The predicted molar refractivity (Wildman–Crippen MR) is 82.1 cm³/mol. The van der Waals surface area contributed by atoms with Gasteiger partial charge in [-0.1, -0.05) is 11.6 Å². The monoisotopic (exact) mass is 341 g/mol. The van der Waals surface area contributed by atoms with E-state index in [0.717, 1.165) is 12.1 Å². The van der Waals surface area contributed by atoms with Gasteiger partial charge < -0.3 is 14.8 Å². The van der Waals surface area contributed by atoms with E-state index in [1.165, 1.54) is 14.2 Å². The summed E-state index contributed by atoms with van der Waals surface area (Å²) in [5, 5.41) is 2.42. The third-order valence-electron chi connectivity index (χ3n) is 3.12. The van der Waals surface area contributed by atoms with Crippen LogP contribution < -0.4 is 14.8 Å². The Balaban J connectivity index is 2.15. The predicted octanol–water partition coefficient (Wildman–Crippen LogP) is 3.57. The number of methoxy groups -OCH3 is 2. The zero-order valence-corrected chi connectivity index (χ0v) is 13.2. The zero-order valence-electron chi connectivity index (χ0n) is 12.5. The minimum Gasteiger partial charge on any atom is -0.497 e. The van der Waals surface area contributed by atoms with Crippen molar-refractivity contribution in [2.24, 2.45) is 0 Å². The molecule has 0 atom stereocenters. The van der Waals surface area contributed by atoms with Crippen molar-refractivity contribution in [3.63, 3.8) is 0 Å². The molecule has 2 rings (SSSR count). The van der Waals surface area contributed by atoms with E-state index in [0.29, 0.717) is 17.1 Å². The van der Waals surface area contributed by atoms with Gasteiger partial charge in [0.25, 0.3) is 5.91 Å². The molecule has 0 aliphatic rings. The molecule has 0 aromatic heterocycles. The van der Waals surface area contributed by atoms with Gasteiger partial charge >= 0.3 is 0 Å². The van der Waals surface area contributed by atoms with Gasteiger partial charge in [0, 0.05) is 12.6 Å². The quantitative estimate of drug-likeness (QED) is 0.846. The number of amides is 1. The van der Waals surface area contributed by atoms with Gasteiger partial charge in [-0.05, 0) is 29.8 Å². The molecule has 0 heterocycles. The molecule has 1 amide bonds. The van der Waals surface area contributed by atoms with Crippen LogP contribution in [0.3, 0.4) is 0 Å². The maximum Gasteiger partial charge on any atom is 0.253 e. The molecule has 0 fully saturated rings. The van der Waals surface area contributed by atoms with E-state index in [4.69, 9.17) is 21.1 Å². The number of rotatable bonds is 5. The molecule has 2 aromatic carbocycles. The molecule has 0 aliphatic carbocycles. The zero-order chi connectivity index (χ0) is 17.0. The summed E-state index contributed by atoms with van der Waals surface area (Å²) in [6.45, 7) is 0.141. The molecule has 122 valence electrons. The SMILES string of the molecule is COc1cc(CNC(=O)c2cc(F)c(F)cc2Cl)cc(OC)c1. The number of nitrogens with one attached hydrogen (secondary N) is 1. The maximum absolute atomic E-state index is 13.2. The van der Waals surface area contributed by atoms with Crippen molar-refractivity contribution in [1.29, 1.82) is 0 Å². The molecule has 0 aliphatic heterocycles. The highest BCUT2D eigenvalue weighted by Crippen LogP contribution is 2.23. The molecule has 0 saturated heterocycles. The highest BCUT2D eigenvalue weighted by atomic mass is 35.5. The first-order chi connectivity index (χ1) is 10.9. The Kier molecular flexibility index (Phi) is 5.39. The van der Waals surface area contributed by atoms with Crippen LogP contribution in [0, 0.1) is 11.6 Å². The van der Waals surface area contributed by atoms with E-state index in [-0.39, 0.29) is 17.1 Å². The van der Waals surface area contributed by atoms with Crippen LogP contribution in [0.1, 0.15) is 15.9 Å². The molecule has 0 radical (unpaired) electrons. The van der Waals surface area contributed by atoms with Crippen molar-refractivity contribution < 1.29 is 23.0 Å². The molecule has 0 bridgehead atoms. The molecule has 4 nitrogen and oxygen atoms in total. The normalized spacial score (nSPS) is 10.3. The largest absolute Gasteiger partial charge is 0.497 e. The van der Waals surface area contributed by atoms with Crippen LogP contribution in [0.2, 0.25) is 5.02 Å². The summed E-state index contributed by atoms with van der Waals surface area (Å²) in [5.41, 5.74) is 0.577. The Morgan fingerprint density at radius 1 is 1.04 bits per heavy atom. The van der Waals surface area contributed by atoms with E-state index in [2.05, 4.69) is 5.32 Å². The lowest BCUT2D eigenvalue weighted by Crippen LogP contribution is -2.23. The lowest BCUT2D eigenvalue weighted by Gasteiger charge is -2.10. The van der Waals surface area contributed by atoms with E-state index in [1.807, 2.05) is 0 Å². The van der Waals surface area contributed by atoms with Gasteiger partial charge in [-0.15, -0.1) is 0 Å². The van der Waals surface area contributed by atoms with Crippen molar-refractivity contribution in [1.82, 2.24) is 5.32 Å². The van der Waals surface area contributed by atoms with Crippen LogP contribution in [0.4, 0.5) is 8.78 Å². The number of halogens is 3. The first-order valence-corrected chi connectivity index (χ1v) is 6.97. The summed E-state index contributed by atoms with van der Waals surface area (Å²) in [6.07, 6.45) is 0. The maximum atomic E-state index is 13.2. The third kappa shape index (κ3) is 4.10. The summed E-state index contributed by atoms with van der Waals surface area (Å²) in [6, 6.07) is 6.66. The fourth-order valence-corrected chi connectivity index (χ4v) is 2.18. The molecular formula is C16H14ClF2NO3. The average molecular weight is 342 g/mol. The minimum absolute atomic E-state index is 0.138. The minimum atomic E-state index is -1.14. The van der Waals surface area contributed by atoms with Gasteiger partial charge in [0.15, 0.2) is 11.6 Å². The standard InChI is InChI=1S/C16H14ClF2NO3/c1-22-10-3-9(4-11(5-10)23-2)8-20-16(21)12-6-14(18)15(19)7-13(12)17/h3-7H,8H2,1-2H3,(H,20,21). The van der Waals surface area contributed by atoms with Gasteiger partial charge in [0.2, 0.25) is 0 Å². The highest BCUT2D eigenvalue weighted by molar-refractivity contribution is 6.33. The second-order valence-electron chi connectivity index (χ2n) is 4.65. The van der Waals surface area contributed by atoms with Crippen molar-refractivity contribution in [2.45, 2.75) is 6.54 Å². The average Bonchev–Trinajstić information content (AvgIpc) is 2.55. The molecule has 23 heavy (non-hydrogen) atoms. The number of hydrogen-bond acceptors (Lipinski definition) is 3. The second kappa shape index (κ2) is 7.28. The number of ether oxygens (including phenoxy) is 2. The Morgan fingerprint density at radius 3 is 2.17 bits per heavy atom. The van der Waals surface area contributed by atoms with Crippen molar-refractivity contribution >= 4 is 17.5 Å². The van der Waals surface area contributed by atoms with Crippen LogP contribution >= 0.6 is 11.6 Å². The van der Waals surface area contributed by atoms with E-state index in [1.54, 1.807) is 18.2 Å². The van der Waals surface area contributed by atoms with Gasteiger partial charge in [0.1, 0.15) is 11.5 Å².